The third-order valence-electron chi connectivity index (χ3n) is 2.98. The van der Waals surface area contributed by atoms with E-state index in [-0.39, 0.29) is 0 Å². The Kier molecular flexibility index (Phi) is 3.93. The maximum absolute atomic E-state index is 3.63. The number of benzene rings is 1. The highest BCUT2D eigenvalue weighted by molar-refractivity contribution is 9.11. The van der Waals surface area contributed by atoms with E-state index in [1.165, 1.54) is 5.69 Å². The predicted octanol–water partition coefficient (Wildman–Crippen LogP) is 3.40. The number of hydrogen-bond acceptors (Lipinski definition) is 2. The van der Waals surface area contributed by atoms with E-state index in [9.17, 15) is 0 Å². The molecule has 1 aromatic carbocycles. The first-order valence-corrected chi connectivity index (χ1v) is 7.11. The standard InChI is InChI=1S/C12H16Br2N2/c1-8-7-16(9(2)6-15-8)12-5-10(13)3-4-11(12)14/h3-5,8-9,15H,6-7H2,1-2H3. The van der Waals surface area contributed by atoms with Gasteiger partial charge in [-0.25, -0.2) is 0 Å². The summed E-state index contributed by atoms with van der Waals surface area (Å²) >= 11 is 7.17. The number of nitrogens with zero attached hydrogens (tertiary/aromatic N) is 1. The van der Waals surface area contributed by atoms with E-state index < -0.39 is 0 Å². The Labute approximate surface area is 114 Å². The van der Waals surface area contributed by atoms with Crippen LogP contribution >= 0.6 is 31.9 Å². The molecule has 16 heavy (non-hydrogen) atoms. The van der Waals surface area contributed by atoms with Crippen LogP contribution in [0.25, 0.3) is 0 Å². The summed E-state index contributed by atoms with van der Waals surface area (Å²) in [5.74, 6) is 0. The quantitative estimate of drug-likeness (QED) is 0.837. The van der Waals surface area contributed by atoms with Gasteiger partial charge in [-0.05, 0) is 48.0 Å². The second-order valence-corrected chi connectivity index (χ2v) is 6.18. The molecule has 0 bridgehead atoms. The lowest BCUT2D eigenvalue weighted by Gasteiger charge is -2.39. The lowest BCUT2D eigenvalue weighted by molar-refractivity contribution is 0.425. The van der Waals surface area contributed by atoms with Gasteiger partial charge < -0.3 is 10.2 Å². The minimum absolute atomic E-state index is 0.529. The molecule has 1 saturated heterocycles. The van der Waals surface area contributed by atoms with Gasteiger partial charge in [0.05, 0.1) is 5.69 Å². The molecule has 1 aliphatic rings. The van der Waals surface area contributed by atoms with E-state index in [4.69, 9.17) is 0 Å². The Morgan fingerprint density at radius 3 is 2.81 bits per heavy atom. The molecule has 1 heterocycles. The Morgan fingerprint density at radius 1 is 1.31 bits per heavy atom. The van der Waals surface area contributed by atoms with Gasteiger partial charge in [-0.2, -0.15) is 0 Å². The number of anilines is 1. The van der Waals surface area contributed by atoms with E-state index in [2.05, 4.69) is 74.1 Å². The fraction of sp³-hybridized carbons (Fsp3) is 0.500. The lowest BCUT2D eigenvalue weighted by Crippen LogP contribution is -2.54. The fourth-order valence-electron chi connectivity index (χ4n) is 2.06. The largest absolute Gasteiger partial charge is 0.365 e. The zero-order chi connectivity index (χ0) is 11.7. The van der Waals surface area contributed by atoms with Crippen LogP contribution in [-0.4, -0.2) is 25.2 Å². The van der Waals surface area contributed by atoms with Gasteiger partial charge in [-0.1, -0.05) is 15.9 Å². The highest BCUT2D eigenvalue weighted by Gasteiger charge is 2.23. The van der Waals surface area contributed by atoms with Gasteiger partial charge in [0.1, 0.15) is 0 Å². The first-order chi connectivity index (χ1) is 7.58. The van der Waals surface area contributed by atoms with Crippen molar-refractivity contribution >= 4 is 37.5 Å². The summed E-state index contributed by atoms with van der Waals surface area (Å²) in [4.78, 5) is 2.45. The first kappa shape index (κ1) is 12.4. The molecule has 0 amide bonds. The van der Waals surface area contributed by atoms with Gasteiger partial charge >= 0.3 is 0 Å². The van der Waals surface area contributed by atoms with E-state index in [1.807, 2.05) is 0 Å². The molecular formula is C12H16Br2N2. The van der Waals surface area contributed by atoms with Crippen LogP contribution < -0.4 is 10.2 Å². The summed E-state index contributed by atoms with van der Waals surface area (Å²) in [5, 5.41) is 3.50. The molecule has 1 N–H and O–H groups in total. The Hall–Kier alpha value is -0.0600. The smallest absolute Gasteiger partial charge is 0.0525 e. The molecule has 88 valence electrons. The molecule has 1 fully saturated rings. The summed E-state index contributed by atoms with van der Waals surface area (Å²) < 4.78 is 2.29. The van der Waals surface area contributed by atoms with Gasteiger partial charge in [0.15, 0.2) is 0 Å². The molecule has 2 unspecified atom stereocenters. The van der Waals surface area contributed by atoms with E-state index in [0.717, 1.165) is 22.0 Å². The third kappa shape index (κ3) is 2.60. The van der Waals surface area contributed by atoms with Gasteiger partial charge in [0, 0.05) is 34.1 Å². The van der Waals surface area contributed by atoms with Gasteiger partial charge in [0.2, 0.25) is 0 Å². The molecule has 2 atom stereocenters. The summed E-state index contributed by atoms with van der Waals surface area (Å²) in [6, 6.07) is 7.41. The van der Waals surface area contributed by atoms with Gasteiger partial charge in [0.25, 0.3) is 0 Å². The summed E-state index contributed by atoms with van der Waals surface area (Å²) in [7, 11) is 0. The van der Waals surface area contributed by atoms with Crippen molar-refractivity contribution in [2.24, 2.45) is 0 Å². The topological polar surface area (TPSA) is 15.3 Å². The molecule has 4 heteroatoms. The van der Waals surface area contributed by atoms with Crippen molar-refractivity contribution in [1.82, 2.24) is 5.32 Å². The molecule has 0 aromatic heterocycles. The van der Waals surface area contributed by atoms with E-state index in [0.29, 0.717) is 12.1 Å². The van der Waals surface area contributed by atoms with Crippen LogP contribution in [0, 0.1) is 0 Å². The van der Waals surface area contributed by atoms with Crippen LogP contribution in [0.1, 0.15) is 13.8 Å². The van der Waals surface area contributed by atoms with Crippen molar-refractivity contribution < 1.29 is 0 Å². The zero-order valence-corrected chi connectivity index (χ0v) is 12.7. The van der Waals surface area contributed by atoms with Crippen molar-refractivity contribution in [3.8, 4) is 0 Å². The molecule has 2 nitrogen and oxygen atoms in total. The first-order valence-electron chi connectivity index (χ1n) is 5.53. The molecule has 1 aromatic rings. The van der Waals surface area contributed by atoms with Crippen LogP contribution in [0.4, 0.5) is 5.69 Å². The highest BCUT2D eigenvalue weighted by Crippen LogP contribution is 2.31. The minimum atomic E-state index is 0.529. The Bertz CT molecular complexity index is 381. The van der Waals surface area contributed by atoms with Crippen LogP contribution in [0.2, 0.25) is 0 Å². The highest BCUT2D eigenvalue weighted by atomic mass is 79.9. The number of rotatable bonds is 1. The molecular weight excluding hydrogens is 332 g/mol. The van der Waals surface area contributed by atoms with Crippen LogP contribution in [0.3, 0.4) is 0 Å². The summed E-state index contributed by atoms with van der Waals surface area (Å²) in [6.45, 7) is 6.58. The van der Waals surface area contributed by atoms with Crippen molar-refractivity contribution in [2.75, 3.05) is 18.0 Å². The molecule has 0 radical (unpaired) electrons. The lowest BCUT2D eigenvalue weighted by atomic mass is 10.1. The molecule has 0 saturated carbocycles. The van der Waals surface area contributed by atoms with Crippen LogP contribution in [-0.2, 0) is 0 Å². The average Bonchev–Trinajstić information content (AvgIpc) is 2.25. The molecule has 0 aliphatic carbocycles. The second-order valence-electron chi connectivity index (χ2n) is 4.41. The Morgan fingerprint density at radius 2 is 2.06 bits per heavy atom. The SMILES string of the molecule is CC1CN(c2cc(Br)ccc2Br)C(C)CN1. The second kappa shape index (κ2) is 5.07. The average molecular weight is 348 g/mol. The maximum atomic E-state index is 3.63. The number of halogens is 2. The van der Waals surface area contributed by atoms with Gasteiger partial charge in [-0.15, -0.1) is 0 Å². The summed E-state index contributed by atoms with van der Waals surface area (Å²) in [5.41, 5.74) is 1.27. The van der Waals surface area contributed by atoms with Crippen molar-refractivity contribution in [2.45, 2.75) is 25.9 Å². The molecule has 2 rings (SSSR count). The van der Waals surface area contributed by atoms with Crippen molar-refractivity contribution in [3.05, 3.63) is 27.1 Å². The minimum Gasteiger partial charge on any atom is -0.365 e. The van der Waals surface area contributed by atoms with Crippen molar-refractivity contribution in [1.29, 1.82) is 0 Å². The fourth-order valence-corrected chi connectivity index (χ4v) is 2.89. The van der Waals surface area contributed by atoms with Crippen LogP contribution in [0.15, 0.2) is 27.1 Å². The number of nitrogens with one attached hydrogen (secondary N) is 1. The zero-order valence-electron chi connectivity index (χ0n) is 9.50. The molecule has 1 aliphatic heterocycles. The van der Waals surface area contributed by atoms with Gasteiger partial charge in [-0.3, -0.25) is 0 Å². The normalized spacial score (nSPS) is 25.9. The summed E-state index contributed by atoms with van der Waals surface area (Å²) in [6.07, 6.45) is 0. The number of hydrogen-bond donors (Lipinski definition) is 1. The molecule has 0 spiro atoms. The monoisotopic (exact) mass is 346 g/mol. The van der Waals surface area contributed by atoms with Crippen molar-refractivity contribution in [3.63, 3.8) is 0 Å². The number of piperazine rings is 1. The third-order valence-corrected chi connectivity index (χ3v) is 4.15. The predicted molar refractivity (Wildman–Crippen MR) is 76.1 cm³/mol. The van der Waals surface area contributed by atoms with E-state index in [1.54, 1.807) is 0 Å². The van der Waals surface area contributed by atoms with Crippen LogP contribution in [0.5, 0.6) is 0 Å². The van der Waals surface area contributed by atoms with E-state index >= 15 is 0 Å². The Balaban J connectivity index is 2.30. The maximum Gasteiger partial charge on any atom is 0.0525 e.